The first kappa shape index (κ1) is 21.5. The molecule has 0 unspecified atom stereocenters. The molecule has 33 heavy (non-hydrogen) atoms. The number of fused-ring (bicyclic) bond motifs is 2. The van der Waals surface area contributed by atoms with E-state index in [2.05, 4.69) is 65.8 Å². The normalized spacial score (nSPS) is 13.3. The Bertz CT molecular complexity index is 1410. The number of benzene rings is 4. The van der Waals surface area contributed by atoms with Crippen molar-refractivity contribution in [1.29, 1.82) is 0 Å². The molecule has 0 radical (unpaired) electrons. The summed E-state index contributed by atoms with van der Waals surface area (Å²) in [5.41, 5.74) is 6.34. The zero-order valence-corrected chi connectivity index (χ0v) is 20.2. The fourth-order valence-electron chi connectivity index (χ4n) is 5.03. The molecule has 4 aromatic carbocycles. The topological polar surface area (TPSA) is 40.1 Å². The van der Waals surface area contributed by atoms with Gasteiger partial charge in [-0.05, 0) is 49.6 Å². The van der Waals surface area contributed by atoms with Crippen LogP contribution in [0.4, 0.5) is 0 Å². The summed E-state index contributed by atoms with van der Waals surface area (Å²) in [7, 11) is 0. The van der Waals surface area contributed by atoms with Gasteiger partial charge < -0.3 is 5.11 Å². The molecule has 0 spiro atoms. The van der Waals surface area contributed by atoms with Gasteiger partial charge in [-0.25, -0.2) is 0 Å². The zero-order valence-electron chi connectivity index (χ0n) is 20.2. The number of carbonyl (C=O) groups is 1. The first-order valence-corrected chi connectivity index (χ1v) is 11.5. The molecular weight excluding hydrogens is 404 g/mol. The van der Waals surface area contributed by atoms with Gasteiger partial charge in [0.2, 0.25) is 0 Å². The van der Waals surface area contributed by atoms with Crippen molar-refractivity contribution in [2.45, 2.75) is 52.4 Å². The Morgan fingerprint density at radius 1 is 0.636 bits per heavy atom. The second-order valence-corrected chi connectivity index (χ2v) is 11.2. The quantitative estimate of drug-likeness (QED) is 0.276. The molecule has 0 N–H and O–H groups in total. The van der Waals surface area contributed by atoms with Crippen molar-refractivity contribution in [2.24, 2.45) is 0 Å². The summed E-state index contributed by atoms with van der Waals surface area (Å²) in [6, 6.07) is 22.2. The largest absolute Gasteiger partial charge is 0.872 e. The molecule has 0 saturated heterocycles. The fraction of sp³-hybridized carbons (Fsp3) is 0.258. The minimum Gasteiger partial charge on any atom is -0.872 e. The highest BCUT2D eigenvalue weighted by molar-refractivity contribution is 6.28. The third kappa shape index (κ3) is 3.28. The molecule has 0 amide bonds. The average molecular weight is 434 g/mol. The standard InChI is InChI=1S/C31H30O2/c1-30(2,3)24-16-19(17-25(29(24)33)31(4,5)6)20-15-14-18-10-9-13-22-21-11-7-8-12-23(21)28(32)27(20)26(18)22/h7-17,33H,1-6H3/p-1. The average Bonchev–Trinajstić information content (AvgIpc) is 2.75. The van der Waals surface area contributed by atoms with E-state index >= 15 is 0 Å². The monoisotopic (exact) mass is 433 g/mol. The van der Waals surface area contributed by atoms with Gasteiger partial charge in [0.1, 0.15) is 0 Å². The number of ketones is 1. The third-order valence-electron chi connectivity index (χ3n) is 6.75. The Kier molecular flexibility index (Phi) is 4.59. The molecule has 0 bridgehead atoms. The van der Waals surface area contributed by atoms with Crippen molar-refractivity contribution in [2.75, 3.05) is 0 Å². The van der Waals surface area contributed by atoms with E-state index in [1.54, 1.807) is 0 Å². The summed E-state index contributed by atoms with van der Waals surface area (Å²) in [5, 5.41) is 15.5. The van der Waals surface area contributed by atoms with Crippen LogP contribution < -0.4 is 5.11 Å². The third-order valence-corrected chi connectivity index (χ3v) is 6.75. The lowest BCUT2D eigenvalue weighted by atomic mass is 9.75. The minimum atomic E-state index is -0.303. The molecule has 1 aliphatic carbocycles. The number of hydrogen-bond donors (Lipinski definition) is 0. The Morgan fingerprint density at radius 2 is 1.21 bits per heavy atom. The van der Waals surface area contributed by atoms with Crippen LogP contribution in [0.1, 0.15) is 68.6 Å². The summed E-state index contributed by atoms with van der Waals surface area (Å²) in [6.07, 6.45) is 0. The van der Waals surface area contributed by atoms with Crippen LogP contribution in [0.15, 0.2) is 66.7 Å². The van der Waals surface area contributed by atoms with E-state index < -0.39 is 0 Å². The molecule has 0 fully saturated rings. The maximum atomic E-state index is 13.9. The molecule has 1 aliphatic rings. The minimum absolute atomic E-state index is 0.0470. The molecule has 0 atom stereocenters. The molecule has 0 saturated carbocycles. The molecule has 0 heterocycles. The van der Waals surface area contributed by atoms with Crippen molar-refractivity contribution in [1.82, 2.24) is 0 Å². The van der Waals surface area contributed by atoms with Crippen molar-refractivity contribution in [3.05, 3.63) is 89.0 Å². The van der Waals surface area contributed by atoms with Crippen LogP contribution in [-0.4, -0.2) is 5.78 Å². The fourth-order valence-corrected chi connectivity index (χ4v) is 5.03. The van der Waals surface area contributed by atoms with E-state index in [9.17, 15) is 9.90 Å². The molecule has 166 valence electrons. The van der Waals surface area contributed by atoms with Crippen molar-refractivity contribution >= 4 is 16.6 Å². The van der Waals surface area contributed by atoms with Crippen LogP contribution in [-0.2, 0) is 10.8 Å². The SMILES string of the molecule is CC(C)(C)c1cc(-c2ccc3cccc4c3c2C(=O)c2ccccc2-4)cc(C(C)(C)C)c1[O-]. The van der Waals surface area contributed by atoms with Crippen molar-refractivity contribution in [3.63, 3.8) is 0 Å². The maximum absolute atomic E-state index is 13.9. The zero-order chi connectivity index (χ0) is 23.7. The van der Waals surface area contributed by atoms with Gasteiger partial charge in [-0.2, -0.15) is 0 Å². The molecule has 2 heteroatoms. The predicted molar refractivity (Wildman–Crippen MR) is 135 cm³/mol. The van der Waals surface area contributed by atoms with E-state index in [4.69, 9.17) is 0 Å². The summed E-state index contributed by atoms with van der Waals surface area (Å²) in [5.74, 6) is 0.149. The molecular formula is C31H29O2-. The predicted octanol–water partition coefficient (Wildman–Crippen LogP) is 7.39. The Morgan fingerprint density at radius 3 is 1.82 bits per heavy atom. The van der Waals surface area contributed by atoms with Crippen LogP contribution in [0.5, 0.6) is 5.75 Å². The van der Waals surface area contributed by atoms with E-state index in [0.29, 0.717) is 0 Å². The highest BCUT2D eigenvalue weighted by Gasteiger charge is 2.29. The van der Waals surface area contributed by atoms with Gasteiger partial charge in [0.25, 0.3) is 0 Å². The second kappa shape index (κ2) is 7.05. The second-order valence-electron chi connectivity index (χ2n) is 11.2. The van der Waals surface area contributed by atoms with Gasteiger partial charge in [-0.15, -0.1) is 5.75 Å². The highest BCUT2D eigenvalue weighted by Crippen LogP contribution is 2.46. The molecule has 2 nitrogen and oxygen atoms in total. The Labute approximate surface area is 195 Å². The van der Waals surface area contributed by atoms with Gasteiger partial charge in [0.05, 0.1) is 0 Å². The molecule has 4 aromatic rings. The first-order chi connectivity index (χ1) is 15.5. The lowest BCUT2D eigenvalue weighted by molar-refractivity contribution is -0.271. The highest BCUT2D eigenvalue weighted by atomic mass is 16.3. The maximum Gasteiger partial charge on any atom is 0.194 e. The van der Waals surface area contributed by atoms with E-state index in [1.807, 2.05) is 42.5 Å². The summed E-state index contributed by atoms with van der Waals surface area (Å²) >= 11 is 0. The summed E-state index contributed by atoms with van der Waals surface area (Å²) in [6.45, 7) is 12.4. The number of carbonyl (C=O) groups excluding carboxylic acids is 1. The van der Waals surface area contributed by atoms with Gasteiger partial charge in [-0.1, -0.05) is 108 Å². The van der Waals surface area contributed by atoms with E-state index in [0.717, 1.165) is 55.3 Å². The van der Waals surface area contributed by atoms with Crippen molar-refractivity contribution in [3.8, 4) is 28.0 Å². The van der Waals surface area contributed by atoms with Crippen LogP contribution in [0, 0.1) is 0 Å². The Balaban J connectivity index is 1.90. The van der Waals surface area contributed by atoms with Crippen LogP contribution in [0.25, 0.3) is 33.0 Å². The van der Waals surface area contributed by atoms with Gasteiger partial charge in [0.15, 0.2) is 5.78 Å². The van der Waals surface area contributed by atoms with Gasteiger partial charge >= 0.3 is 0 Å². The summed E-state index contributed by atoms with van der Waals surface area (Å²) in [4.78, 5) is 13.9. The molecule has 0 aliphatic heterocycles. The van der Waals surface area contributed by atoms with Crippen LogP contribution >= 0.6 is 0 Å². The van der Waals surface area contributed by atoms with Gasteiger partial charge in [0, 0.05) is 16.5 Å². The molecule has 0 aromatic heterocycles. The van der Waals surface area contributed by atoms with E-state index in [-0.39, 0.29) is 22.4 Å². The Hall–Kier alpha value is -3.39. The van der Waals surface area contributed by atoms with E-state index in [1.165, 1.54) is 0 Å². The molecule has 5 rings (SSSR count). The lowest BCUT2D eigenvalue weighted by Crippen LogP contribution is -2.21. The summed E-state index contributed by atoms with van der Waals surface area (Å²) < 4.78 is 0. The number of rotatable bonds is 1. The van der Waals surface area contributed by atoms with Crippen LogP contribution in [0.3, 0.4) is 0 Å². The smallest absolute Gasteiger partial charge is 0.194 e. The van der Waals surface area contributed by atoms with Crippen molar-refractivity contribution < 1.29 is 9.90 Å². The van der Waals surface area contributed by atoms with Crippen LogP contribution in [0.2, 0.25) is 0 Å². The lowest BCUT2D eigenvalue weighted by Gasteiger charge is -2.34. The van der Waals surface area contributed by atoms with Gasteiger partial charge in [-0.3, -0.25) is 4.79 Å². The first-order valence-electron chi connectivity index (χ1n) is 11.5. The number of hydrogen-bond acceptors (Lipinski definition) is 2.